The maximum absolute atomic E-state index is 5.97. The van der Waals surface area contributed by atoms with E-state index in [0.29, 0.717) is 0 Å². The molecular formula is C18H27ClS. The zero-order chi connectivity index (χ0) is 14.0. The van der Waals surface area contributed by atoms with Gasteiger partial charge in [0.2, 0.25) is 0 Å². The van der Waals surface area contributed by atoms with E-state index in [9.17, 15) is 0 Å². The molecule has 0 spiro atoms. The van der Waals surface area contributed by atoms with Crippen molar-refractivity contribution in [3.8, 4) is 0 Å². The molecule has 0 radical (unpaired) electrons. The molecule has 0 atom stereocenters. The van der Waals surface area contributed by atoms with Crippen molar-refractivity contribution in [3.05, 3.63) is 29.3 Å². The molecular weight excluding hydrogens is 284 g/mol. The van der Waals surface area contributed by atoms with E-state index in [0.717, 1.165) is 10.3 Å². The number of benzene rings is 1. The van der Waals surface area contributed by atoms with Crippen molar-refractivity contribution >= 4 is 23.4 Å². The van der Waals surface area contributed by atoms with Gasteiger partial charge >= 0.3 is 0 Å². The van der Waals surface area contributed by atoms with Gasteiger partial charge in [0.15, 0.2) is 0 Å². The van der Waals surface area contributed by atoms with E-state index in [1.54, 1.807) is 0 Å². The van der Waals surface area contributed by atoms with Crippen molar-refractivity contribution in [1.82, 2.24) is 0 Å². The Balaban J connectivity index is 1.83. The third-order valence-corrected chi connectivity index (χ3v) is 5.77. The molecule has 1 saturated carbocycles. The van der Waals surface area contributed by atoms with Crippen LogP contribution >= 0.6 is 23.4 Å². The molecule has 0 heterocycles. The van der Waals surface area contributed by atoms with Crippen molar-refractivity contribution < 1.29 is 0 Å². The number of rotatable bonds is 2. The van der Waals surface area contributed by atoms with E-state index in [2.05, 4.69) is 23.9 Å². The maximum Gasteiger partial charge on any atom is 0.0406 e. The highest BCUT2D eigenvalue weighted by molar-refractivity contribution is 8.00. The van der Waals surface area contributed by atoms with Crippen molar-refractivity contribution in [1.29, 1.82) is 0 Å². The SMILES string of the molecule is Clc1ccc(SC2CCCCCCCCCCC2)cc1. The minimum absolute atomic E-state index is 0.801. The van der Waals surface area contributed by atoms with Gasteiger partial charge in [0.1, 0.15) is 0 Å². The quantitative estimate of drug-likeness (QED) is 0.561. The van der Waals surface area contributed by atoms with Crippen LogP contribution in [0.5, 0.6) is 0 Å². The van der Waals surface area contributed by atoms with Gasteiger partial charge in [0, 0.05) is 15.2 Å². The third-order valence-electron chi connectivity index (χ3n) is 4.17. The second kappa shape index (κ2) is 9.73. The molecule has 0 nitrogen and oxygen atoms in total. The molecule has 2 rings (SSSR count). The first-order chi connectivity index (χ1) is 9.84. The van der Waals surface area contributed by atoms with Gasteiger partial charge in [-0.1, -0.05) is 69.4 Å². The predicted molar refractivity (Wildman–Crippen MR) is 91.9 cm³/mol. The molecule has 0 N–H and O–H groups in total. The molecule has 1 aliphatic carbocycles. The molecule has 0 saturated heterocycles. The molecule has 0 bridgehead atoms. The summed E-state index contributed by atoms with van der Waals surface area (Å²) in [6, 6.07) is 8.37. The minimum atomic E-state index is 0.801. The molecule has 1 aromatic carbocycles. The van der Waals surface area contributed by atoms with Crippen molar-refractivity contribution in [3.63, 3.8) is 0 Å². The lowest BCUT2D eigenvalue weighted by Crippen LogP contribution is -2.03. The van der Waals surface area contributed by atoms with Gasteiger partial charge in [-0.2, -0.15) is 0 Å². The predicted octanol–water partition coefficient (Wildman–Crippen LogP) is 7.11. The van der Waals surface area contributed by atoms with Crippen LogP contribution in [0.1, 0.15) is 70.6 Å². The minimum Gasteiger partial charge on any atom is -0.123 e. The van der Waals surface area contributed by atoms with E-state index >= 15 is 0 Å². The molecule has 0 aromatic heterocycles. The van der Waals surface area contributed by atoms with E-state index in [1.807, 2.05) is 12.1 Å². The van der Waals surface area contributed by atoms with Gasteiger partial charge in [-0.15, -0.1) is 11.8 Å². The van der Waals surface area contributed by atoms with Gasteiger partial charge in [-0.05, 0) is 37.1 Å². The molecule has 1 fully saturated rings. The molecule has 112 valence electrons. The molecule has 1 aromatic rings. The van der Waals surface area contributed by atoms with Crippen LogP contribution in [0.25, 0.3) is 0 Å². The van der Waals surface area contributed by atoms with Gasteiger partial charge in [-0.3, -0.25) is 0 Å². The normalized spacial score (nSPS) is 20.1. The standard InChI is InChI=1S/C18H27ClS/c19-16-12-14-18(15-13-16)20-17-10-8-6-4-2-1-3-5-7-9-11-17/h12-15,17H,1-11H2. The maximum atomic E-state index is 5.97. The highest BCUT2D eigenvalue weighted by Gasteiger charge is 2.11. The first-order valence-corrected chi connectivity index (χ1v) is 9.52. The summed E-state index contributed by atoms with van der Waals surface area (Å²) in [6.07, 6.45) is 15.7. The van der Waals surface area contributed by atoms with Crippen LogP contribution in [0.3, 0.4) is 0 Å². The zero-order valence-electron chi connectivity index (χ0n) is 12.5. The summed E-state index contributed by atoms with van der Waals surface area (Å²) in [6.45, 7) is 0. The summed E-state index contributed by atoms with van der Waals surface area (Å²) in [7, 11) is 0. The van der Waals surface area contributed by atoms with E-state index in [1.165, 1.54) is 75.5 Å². The Morgan fingerprint density at radius 3 is 1.65 bits per heavy atom. The van der Waals surface area contributed by atoms with Crippen LogP contribution in [-0.4, -0.2) is 5.25 Å². The largest absolute Gasteiger partial charge is 0.123 e. The fraction of sp³-hybridized carbons (Fsp3) is 0.667. The monoisotopic (exact) mass is 310 g/mol. The number of hydrogen-bond donors (Lipinski definition) is 0. The molecule has 2 heteroatoms. The Morgan fingerprint density at radius 1 is 0.700 bits per heavy atom. The lowest BCUT2D eigenvalue weighted by Gasteiger charge is -2.17. The zero-order valence-corrected chi connectivity index (χ0v) is 14.0. The Kier molecular flexibility index (Phi) is 7.90. The lowest BCUT2D eigenvalue weighted by molar-refractivity contribution is 0.510. The average molecular weight is 311 g/mol. The summed E-state index contributed by atoms with van der Waals surface area (Å²) in [4.78, 5) is 1.38. The molecule has 0 unspecified atom stereocenters. The Bertz CT molecular complexity index is 348. The summed E-state index contributed by atoms with van der Waals surface area (Å²) in [5, 5.41) is 1.64. The van der Waals surface area contributed by atoms with Crippen LogP contribution in [0.15, 0.2) is 29.2 Å². The smallest absolute Gasteiger partial charge is 0.0406 e. The Morgan fingerprint density at radius 2 is 1.15 bits per heavy atom. The van der Waals surface area contributed by atoms with Crippen molar-refractivity contribution in [2.24, 2.45) is 0 Å². The third kappa shape index (κ3) is 6.54. The fourth-order valence-electron chi connectivity index (χ4n) is 2.95. The number of halogens is 1. The summed E-state index contributed by atoms with van der Waals surface area (Å²) < 4.78 is 0. The highest BCUT2D eigenvalue weighted by Crippen LogP contribution is 2.31. The van der Waals surface area contributed by atoms with Crippen molar-refractivity contribution in [2.45, 2.75) is 80.8 Å². The van der Waals surface area contributed by atoms with Gasteiger partial charge in [-0.25, -0.2) is 0 Å². The second-order valence-electron chi connectivity index (χ2n) is 5.95. The summed E-state index contributed by atoms with van der Waals surface area (Å²) in [5.41, 5.74) is 0. The van der Waals surface area contributed by atoms with Crippen LogP contribution in [0, 0.1) is 0 Å². The molecule has 0 amide bonds. The Labute approximate surface area is 133 Å². The van der Waals surface area contributed by atoms with Gasteiger partial charge in [0.25, 0.3) is 0 Å². The van der Waals surface area contributed by atoms with E-state index in [-0.39, 0.29) is 0 Å². The van der Waals surface area contributed by atoms with E-state index in [4.69, 9.17) is 11.6 Å². The van der Waals surface area contributed by atoms with E-state index < -0.39 is 0 Å². The molecule has 1 aliphatic rings. The lowest BCUT2D eigenvalue weighted by atomic mass is 10.0. The van der Waals surface area contributed by atoms with Gasteiger partial charge < -0.3 is 0 Å². The average Bonchev–Trinajstić information content (AvgIpc) is 2.44. The van der Waals surface area contributed by atoms with Crippen molar-refractivity contribution in [2.75, 3.05) is 0 Å². The summed E-state index contributed by atoms with van der Waals surface area (Å²) >= 11 is 8.03. The number of hydrogen-bond acceptors (Lipinski definition) is 1. The molecule has 20 heavy (non-hydrogen) atoms. The summed E-state index contributed by atoms with van der Waals surface area (Å²) in [5.74, 6) is 0. The highest BCUT2D eigenvalue weighted by atomic mass is 35.5. The van der Waals surface area contributed by atoms with Crippen LogP contribution in [0.2, 0.25) is 5.02 Å². The first kappa shape index (κ1) is 16.2. The number of thioether (sulfide) groups is 1. The molecule has 0 aliphatic heterocycles. The Hall–Kier alpha value is -0.140. The fourth-order valence-corrected chi connectivity index (χ4v) is 4.32. The van der Waals surface area contributed by atoms with Gasteiger partial charge in [0.05, 0.1) is 0 Å². The topological polar surface area (TPSA) is 0 Å². The van der Waals surface area contributed by atoms with Crippen LogP contribution < -0.4 is 0 Å². The second-order valence-corrected chi connectivity index (χ2v) is 7.76. The van der Waals surface area contributed by atoms with Crippen LogP contribution in [0.4, 0.5) is 0 Å². The van der Waals surface area contributed by atoms with Crippen LogP contribution in [-0.2, 0) is 0 Å². The first-order valence-electron chi connectivity index (χ1n) is 8.27.